The van der Waals surface area contributed by atoms with Crippen molar-refractivity contribution in [3.63, 3.8) is 0 Å². The van der Waals surface area contributed by atoms with E-state index in [-0.39, 0.29) is 17.7 Å². The van der Waals surface area contributed by atoms with Gasteiger partial charge in [0.25, 0.3) is 0 Å². The second-order valence-corrected chi connectivity index (χ2v) is 12.3. The zero-order valence-electron chi connectivity index (χ0n) is 20.2. The fourth-order valence-electron chi connectivity index (χ4n) is 8.59. The van der Waals surface area contributed by atoms with Crippen LogP contribution in [0.3, 0.4) is 0 Å². The Hall–Kier alpha value is -0.380. The number of rotatable bonds is 5. The highest BCUT2D eigenvalue weighted by molar-refractivity contribution is 5.25. The lowest BCUT2D eigenvalue weighted by molar-refractivity contribution is -0.0579. The molecule has 4 aliphatic rings. The molecule has 4 rings (SSSR count). The number of hydrogen-bond acceptors (Lipinski definition) is 2. The predicted octanol–water partition coefficient (Wildman–Crippen LogP) is 5.53. The third-order valence-corrected chi connectivity index (χ3v) is 10.5. The molecule has 3 heteroatoms. The van der Waals surface area contributed by atoms with Crippen molar-refractivity contribution in [2.24, 2.45) is 46.3 Å². The minimum absolute atomic E-state index is 0. The van der Waals surface area contributed by atoms with Crippen LogP contribution >= 0.6 is 0 Å². The third-order valence-electron chi connectivity index (χ3n) is 10.5. The van der Waals surface area contributed by atoms with Gasteiger partial charge in [-0.2, -0.15) is 0 Å². The molecule has 3 fully saturated rings. The summed E-state index contributed by atoms with van der Waals surface area (Å²) >= 11 is 0. The van der Waals surface area contributed by atoms with Crippen LogP contribution in [0.5, 0.6) is 0 Å². The van der Waals surface area contributed by atoms with Crippen LogP contribution in [0, 0.1) is 46.3 Å². The Balaban J connectivity index is 0.00000256. The molecule has 0 heterocycles. The second-order valence-electron chi connectivity index (χ2n) is 12.3. The molecular weight excluding hydrogens is 372 g/mol. The van der Waals surface area contributed by atoms with Gasteiger partial charge in [-0.05, 0) is 111 Å². The summed E-state index contributed by atoms with van der Waals surface area (Å²) < 4.78 is 0. The predicted molar refractivity (Wildman–Crippen MR) is 124 cm³/mol. The average molecular weight is 421 g/mol. The lowest BCUT2D eigenvalue weighted by atomic mass is 9.47. The molecule has 3 nitrogen and oxygen atoms in total. The van der Waals surface area contributed by atoms with E-state index < -0.39 is 0 Å². The van der Waals surface area contributed by atoms with E-state index in [0.29, 0.717) is 16.7 Å². The molecule has 0 amide bonds. The van der Waals surface area contributed by atoms with E-state index in [9.17, 15) is 10.2 Å². The largest absolute Gasteiger partial charge is 0.412 e. The molecule has 0 radical (unpaired) electrons. The lowest BCUT2D eigenvalue weighted by Gasteiger charge is -2.58. The number of allylic oxidation sites excluding steroid dienone is 1. The fraction of sp³-hybridized carbons (Fsp3) is 0.926. The highest BCUT2D eigenvalue weighted by atomic mass is 16.3. The first-order valence-corrected chi connectivity index (χ1v) is 12.7. The maximum absolute atomic E-state index is 10.3. The molecule has 0 aromatic carbocycles. The summed E-state index contributed by atoms with van der Waals surface area (Å²) in [4.78, 5) is 0. The Labute approximate surface area is 185 Å². The molecule has 9 atom stereocenters. The van der Waals surface area contributed by atoms with Crippen molar-refractivity contribution in [2.45, 2.75) is 111 Å². The van der Waals surface area contributed by atoms with Crippen molar-refractivity contribution in [3.8, 4) is 0 Å². The van der Waals surface area contributed by atoms with Gasteiger partial charge in [0.05, 0.1) is 12.2 Å². The van der Waals surface area contributed by atoms with Gasteiger partial charge in [-0.25, -0.2) is 0 Å². The van der Waals surface area contributed by atoms with Gasteiger partial charge < -0.3 is 15.7 Å². The maximum atomic E-state index is 10.3. The van der Waals surface area contributed by atoms with E-state index in [1.54, 1.807) is 5.57 Å². The molecule has 174 valence electrons. The first-order valence-electron chi connectivity index (χ1n) is 12.7. The number of aliphatic hydroxyl groups excluding tert-OH is 2. The van der Waals surface area contributed by atoms with Crippen LogP contribution in [-0.4, -0.2) is 27.9 Å². The monoisotopic (exact) mass is 420 g/mol. The van der Waals surface area contributed by atoms with E-state index in [1.165, 1.54) is 44.9 Å². The average Bonchev–Trinajstić information content (AvgIpc) is 3.03. The van der Waals surface area contributed by atoms with E-state index in [4.69, 9.17) is 0 Å². The van der Waals surface area contributed by atoms with Crippen LogP contribution in [0.2, 0.25) is 0 Å². The van der Waals surface area contributed by atoms with Crippen LogP contribution in [0.4, 0.5) is 0 Å². The standard InChI is InChI=1S/C27H46O2.H2O/c1-17(2)25(29)11-6-18(3)22-9-10-23-21-8-7-19-16-20(28)12-14-26(19,4)24(21)13-15-27(22,23)5;/h7,17-18,20-25,28-29H,6,8-16H2,1-5H3;1H2/t18-,20+,21+,22-,23+,24+,25?,26+,27-;/m1./s1. The van der Waals surface area contributed by atoms with Crippen LogP contribution < -0.4 is 0 Å². The van der Waals surface area contributed by atoms with Crippen LogP contribution in [0.1, 0.15) is 98.8 Å². The Morgan fingerprint density at radius 3 is 2.43 bits per heavy atom. The summed E-state index contributed by atoms with van der Waals surface area (Å²) in [5.41, 5.74) is 2.44. The van der Waals surface area contributed by atoms with Crippen LogP contribution in [0.15, 0.2) is 11.6 Å². The van der Waals surface area contributed by atoms with Gasteiger partial charge in [-0.1, -0.05) is 46.3 Å². The molecule has 0 aromatic heterocycles. The molecule has 0 aromatic rings. The van der Waals surface area contributed by atoms with Gasteiger partial charge in [-0.15, -0.1) is 0 Å². The smallest absolute Gasteiger partial charge is 0.0577 e. The Morgan fingerprint density at radius 2 is 1.73 bits per heavy atom. The number of aliphatic hydroxyl groups is 2. The summed E-state index contributed by atoms with van der Waals surface area (Å²) in [6.07, 6.45) is 14.4. The first-order chi connectivity index (χ1) is 13.7. The summed E-state index contributed by atoms with van der Waals surface area (Å²) in [7, 11) is 0. The zero-order chi connectivity index (χ0) is 21.0. The second kappa shape index (κ2) is 8.87. The summed E-state index contributed by atoms with van der Waals surface area (Å²) in [6, 6.07) is 0. The number of fused-ring (bicyclic) bond motifs is 5. The van der Waals surface area contributed by atoms with Gasteiger partial charge >= 0.3 is 0 Å². The van der Waals surface area contributed by atoms with Gasteiger partial charge in [0.1, 0.15) is 0 Å². The highest BCUT2D eigenvalue weighted by Gasteiger charge is 2.59. The molecule has 1 unspecified atom stereocenters. The van der Waals surface area contributed by atoms with Gasteiger partial charge in [0, 0.05) is 0 Å². The molecular formula is C27H48O3. The molecule has 3 saturated carbocycles. The summed E-state index contributed by atoms with van der Waals surface area (Å²) in [6.45, 7) is 11.9. The SMILES string of the molecule is CC(C)C(O)CC[C@@H](C)[C@H]1CC[C@H]2[C@@H]3CC=C4C[C@@H](O)CC[C@]4(C)[C@H]3CC[C@]12C.O. The van der Waals surface area contributed by atoms with Gasteiger partial charge in [0.2, 0.25) is 0 Å². The van der Waals surface area contributed by atoms with E-state index in [1.807, 2.05) is 0 Å². The minimum atomic E-state index is -0.137. The molecule has 0 aliphatic heterocycles. The van der Waals surface area contributed by atoms with Gasteiger partial charge in [-0.3, -0.25) is 0 Å². The van der Waals surface area contributed by atoms with Crippen molar-refractivity contribution < 1.29 is 15.7 Å². The Morgan fingerprint density at radius 1 is 1.00 bits per heavy atom. The van der Waals surface area contributed by atoms with Crippen LogP contribution in [0.25, 0.3) is 0 Å². The fourth-order valence-corrected chi connectivity index (χ4v) is 8.59. The Kier molecular flexibility index (Phi) is 7.17. The topological polar surface area (TPSA) is 72.0 Å². The van der Waals surface area contributed by atoms with E-state index in [2.05, 4.69) is 40.7 Å². The van der Waals surface area contributed by atoms with Crippen molar-refractivity contribution in [2.75, 3.05) is 0 Å². The molecule has 30 heavy (non-hydrogen) atoms. The normalized spacial score (nSPS) is 44.9. The van der Waals surface area contributed by atoms with Crippen LogP contribution in [-0.2, 0) is 0 Å². The maximum Gasteiger partial charge on any atom is 0.0577 e. The molecule has 4 aliphatic carbocycles. The summed E-state index contributed by atoms with van der Waals surface area (Å²) in [5.74, 6) is 4.51. The van der Waals surface area contributed by atoms with Crippen molar-refractivity contribution in [3.05, 3.63) is 11.6 Å². The first kappa shape index (κ1) is 24.3. The minimum Gasteiger partial charge on any atom is -0.412 e. The molecule has 4 N–H and O–H groups in total. The quantitative estimate of drug-likeness (QED) is 0.574. The number of hydrogen-bond donors (Lipinski definition) is 2. The summed E-state index contributed by atoms with van der Waals surface area (Å²) in [5, 5.41) is 20.5. The van der Waals surface area contributed by atoms with Crippen molar-refractivity contribution in [1.29, 1.82) is 0 Å². The zero-order valence-corrected chi connectivity index (χ0v) is 20.2. The van der Waals surface area contributed by atoms with Crippen molar-refractivity contribution in [1.82, 2.24) is 0 Å². The third kappa shape index (κ3) is 3.92. The highest BCUT2D eigenvalue weighted by Crippen LogP contribution is 2.67. The lowest BCUT2D eigenvalue weighted by Crippen LogP contribution is -2.50. The molecule has 0 saturated heterocycles. The van der Waals surface area contributed by atoms with E-state index >= 15 is 0 Å². The van der Waals surface area contributed by atoms with E-state index in [0.717, 1.165) is 48.9 Å². The molecule has 0 bridgehead atoms. The Bertz CT molecular complexity index is 628. The van der Waals surface area contributed by atoms with Crippen molar-refractivity contribution >= 4 is 0 Å². The molecule has 0 spiro atoms. The van der Waals surface area contributed by atoms with Gasteiger partial charge in [0.15, 0.2) is 0 Å².